The highest BCUT2D eigenvalue weighted by Gasteiger charge is 2.21. The number of H-pyrrole nitrogens is 1. The normalized spacial score (nSPS) is 13.7. The number of benzene rings is 3. The molecule has 5 aromatic rings. The van der Waals surface area contributed by atoms with E-state index in [2.05, 4.69) is 10.3 Å². The molecule has 3 N–H and O–H groups in total. The summed E-state index contributed by atoms with van der Waals surface area (Å²) in [7, 11) is 1.94. The number of rotatable bonds is 9. The first-order valence-corrected chi connectivity index (χ1v) is 14.9. The molecule has 216 valence electrons. The van der Waals surface area contributed by atoms with Crippen LogP contribution in [0.3, 0.4) is 0 Å². The smallest absolute Gasteiger partial charge is 0.307 e. The fraction of sp³-hybridized carbons (Fsp3) is 0.281. The van der Waals surface area contributed by atoms with Crippen LogP contribution in [0.15, 0.2) is 71.5 Å². The van der Waals surface area contributed by atoms with Gasteiger partial charge in [0.05, 0.1) is 15.9 Å². The fourth-order valence-corrected chi connectivity index (χ4v) is 6.03. The summed E-state index contributed by atoms with van der Waals surface area (Å²) in [6.45, 7) is 0.287. The summed E-state index contributed by atoms with van der Waals surface area (Å²) in [4.78, 5) is 31.4. The third-order valence-electron chi connectivity index (χ3n) is 7.63. The van der Waals surface area contributed by atoms with E-state index in [1.54, 1.807) is 0 Å². The molecule has 2 aromatic heterocycles. The number of ether oxygens (including phenoxy) is 2. The Bertz CT molecular complexity index is 1750. The Labute approximate surface area is 246 Å². The number of carbonyl (C=O) groups is 1. The van der Waals surface area contributed by atoms with Crippen molar-refractivity contribution in [1.29, 1.82) is 0 Å². The van der Waals surface area contributed by atoms with E-state index in [0.29, 0.717) is 28.5 Å². The number of anilines is 1. The van der Waals surface area contributed by atoms with Gasteiger partial charge in [0.1, 0.15) is 29.7 Å². The average molecular weight is 585 g/mol. The van der Waals surface area contributed by atoms with Crippen LogP contribution in [-0.4, -0.2) is 25.5 Å². The van der Waals surface area contributed by atoms with Crippen LogP contribution in [0, 0.1) is 5.92 Å². The molecule has 0 radical (unpaired) electrons. The molecule has 1 aliphatic carbocycles. The van der Waals surface area contributed by atoms with E-state index in [4.69, 9.17) is 14.5 Å². The summed E-state index contributed by atoms with van der Waals surface area (Å²) in [6.07, 6.45) is 5.89. The maximum Gasteiger partial charge on any atom is 0.307 e. The Balaban J connectivity index is 1.06. The van der Waals surface area contributed by atoms with Gasteiger partial charge in [-0.15, -0.1) is 0 Å². The average Bonchev–Trinajstić information content (AvgIpc) is 3.50. The van der Waals surface area contributed by atoms with Gasteiger partial charge in [-0.05, 0) is 66.9 Å². The van der Waals surface area contributed by atoms with E-state index in [1.807, 2.05) is 78.3 Å². The third kappa shape index (κ3) is 6.33. The highest BCUT2D eigenvalue weighted by Crippen LogP contribution is 2.29. The van der Waals surface area contributed by atoms with Crippen LogP contribution in [0.5, 0.6) is 23.1 Å². The van der Waals surface area contributed by atoms with Gasteiger partial charge < -0.3 is 24.5 Å². The second-order valence-corrected chi connectivity index (χ2v) is 11.7. The Morgan fingerprint density at radius 2 is 1.74 bits per heavy atom. The number of amides is 1. The van der Waals surface area contributed by atoms with Gasteiger partial charge in [-0.3, -0.25) is 14.6 Å². The van der Waals surface area contributed by atoms with E-state index in [1.165, 1.54) is 6.42 Å². The highest BCUT2D eigenvalue weighted by molar-refractivity contribution is 7.09. The SMILES string of the molecule is Cn1c(COc2ccc(Cc3sc(=O)[nH]c3O)cc2)nc2ccc(Oc3ccc(NC(=O)C4CCCCC4)cc3)cc21. The van der Waals surface area contributed by atoms with Crippen LogP contribution in [0.1, 0.15) is 48.4 Å². The topological polar surface area (TPSA) is 118 Å². The van der Waals surface area contributed by atoms with Crippen LogP contribution >= 0.6 is 11.3 Å². The minimum Gasteiger partial charge on any atom is -0.494 e. The lowest BCUT2D eigenvalue weighted by atomic mass is 9.88. The number of nitrogens with zero attached hydrogens (tertiary/aromatic N) is 2. The number of aromatic amines is 1. The van der Waals surface area contributed by atoms with Gasteiger partial charge in [-0.1, -0.05) is 42.7 Å². The number of hydrogen-bond acceptors (Lipinski definition) is 7. The molecular formula is C32H32N4O5S. The van der Waals surface area contributed by atoms with Crippen LogP contribution in [0.2, 0.25) is 0 Å². The Kier molecular flexibility index (Phi) is 7.96. The molecule has 1 aliphatic rings. The van der Waals surface area contributed by atoms with E-state index in [9.17, 15) is 14.7 Å². The first kappa shape index (κ1) is 27.6. The molecule has 2 heterocycles. The second kappa shape index (κ2) is 12.1. The number of imidazole rings is 1. The Morgan fingerprint density at radius 3 is 2.45 bits per heavy atom. The zero-order chi connectivity index (χ0) is 29.1. The van der Waals surface area contributed by atoms with E-state index in [-0.39, 0.29) is 29.2 Å². The van der Waals surface area contributed by atoms with E-state index < -0.39 is 0 Å². The molecule has 10 heteroatoms. The number of aryl methyl sites for hydroxylation is 1. The molecular weight excluding hydrogens is 552 g/mol. The minimum atomic E-state index is -0.270. The summed E-state index contributed by atoms with van der Waals surface area (Å²) in [6, 6.07) is 20.8. The number of nitrogens with one attached hydrogen (secondary N) is 2. The van der Waals surface area contributed by atoms with Crippen molar-refractivity contribution in [3.8, 4) is 23.1 Å². The first-order chi connectivity index (χ1) is 20.4. The Morgan fingerprint density at radius 1 is 1.02 bits per heavy atom. The molecule has 0 spiro atoms. The number of hydrogen-bond donors (Lipinski definition) is 3. The molecule has 0 aliphatic heterocycles. The highest BCUT2D eigenvalue weighted by atomic mass is 32.1. The molecule has 0 unspecified atom stereocenters. The quantitative estimate of drug-likeness (QED) is 0.182. The molecule has 0 saturated heterocycles. The molecule has 1 saturated carbocycles. The summed E-state index contributed by atoms with van der Waals surface area (Å²) < 4.78 is 14.1. The van der Waals surface area contributed by atoms with Crippen LogP contribution in [0.4, 0.5) is 5.69 Å². The van der Waals surface area contributed by atoms with Crippen molar-refractivity contribution in [3.63, 3.8) is 0 Å². The first-order valence-electron chi connectivity index (χ1n) is 14.1. The third-order valence-corrected chi connectivity index (χ3v) is 8.51. The zero-order valence-electron chi connectivity index (χ0n) is 23.3. The molecule has 9 nitrogen and oxygen atoms in total. The van der Waals surface area contributed by atoms with Crippen molar-refractivity contribution in [2.45, 2.75) is 45.1 Å². The predicted octanol–water partition coefficient (Wildman–Crippen LogP) is 6.51. The number of aromatic hydroxyl groups is 1. The molecule has 3 aromatic carbocycles. The van der Waals surface area contributed by atoms with Crippen LogP contribution < -0.4 is 19.7 Å². The molecule has 0 bridgehead atoms. The van der Waals surface area contributed by atoms with Gasteiger partial charge in [0, 0.05) is 31.1 Å². The second-order valence-electron chi connectivity index (χ2n) is 10.6. The van der Waals surface area contributed by atoms with Gasteiger partial charge in [0.25, 0.3) is 0 Å². The van der Waals surface area contributed by atoms with Crippen molar-refractivity contribution in [1.82, 2.24) is 14.5 Å². The monoisotopic (exact) mass is 584 g/mol. The van der Waals surface area contributed by atoms with E-state index in [0.717, 1.165) is 65.1 Å². The van der Waals surface area contributed by atoms with Gasteiger partial charge in [-0.25, -0.2) is 4.98 Å². The summed E-state index contributed by atoms with van der Waals surface area (Å²) >= 11 is 1.01. The van der Waals surface area contributed by atoms with Crippen molar-refractivity contribution < 1.29 is 19.4 Å². The van der Waals surface area contributed by atoms with Gasteiger partial charge in [0.2, 0.25) is 11.8 Å². The Hall–Kier alpha value is -4.57. The predicted molar refractivity (Wildman–Crippen MR) is 163 cm³/mol. The van der Waals surface area contributed by atoms with Gasteiger partial charge in [-0.2, -0.15) is 0 Å². The summed E-state index contributed by atoms with van der Waals surface area (Å²) in [5.74, 6) is 2.98. The largest absolute Gasteiger partial charge is 0.494 e. The molecule has 0 atom stereocenters. The van der Waals surface area contributed by atoms with Crippen LogP contribution in [-0.2, 0) is 24.9 Å². The number of carbonyl (C=O) groups excluding carboxylic acids is 1. The lowest BCUT2D eigenvalue weighted by molar-refractivity contribution is -0.120. The van der Waals surface area contributed by atoms with Crippen LogP contribution in [0.25, 0.3) is 11.0 Å². The fourth-order valence-electron chi connectivity index (χ4n) is 5.27. The minimum absolute atomic E-state index is 0.0753. The molecule has 6 rings (SSSR count). The summed E-state index contributed by atoms with van der Waals surface area (Å²) in [5, 5.41) is 12.8. The lowest BCUT2D eigenvalue weighted by Crippen LogP contribution is -2.24. The number of fused-ring (bicyclic) bond motifs is 1. The lowest BCUT2D eigenvalue weighted by Gasteiger charge is -2.20. The number of aromatic nitrogens is 3. The maximum atomic E-state index is 12.5. The van der Waals surface area contributed by atoms with Gasteiger partial charge in [0.15, 0.2) is 0 Å². The molecule has 1 fully saturated rings. The zero-order valence-corrected chi connectivity index (χ0v) is 24.1. The van der Waals surface area contributed by atoms with E-state index >= 15 is 0 Å². The van der Waals surface area contributed by atoms with Crippen molar-refractivity contribution in [2.24, 2.45) is 13.0 Å². The van der Waals surface area contributed by atoms with Crippen molar-refractivity contribution in [2.75, 3.05) is 5.32 Å². The van der Waals surface area contributed by atoms with Crippen molar-refractivity contribution >= 4 is 34.0 Å². The number of thiazole rings is 1. The molecule has 1 amide bonds. The standard InChI is InChI=1S/C32H32N4O5S/c1-36-27-18-25(41-24-13-9-22(10-14-24)33-30(37)21-5-3-2-4-6-21)15-16-26(27)34-29(36)19-40-23-11-7-20(8-12-23)17-28-31(38)35-32(39)42-28/h7-16,18,21,38H,2-6,17,19H2,1H3,(H,33,37)(H,35,39). The van der Waals surface area contributed by atoms with Crippen molar-refractivity contribution in [3.05, 3.63) is 92.7 Å². The molecule has 42 heavy (non-hydrogen) atoms. The summed E-state index contributed by atoms with van der Waals surface area (Å²) in [5.41, 5.74) is 3.49. The maximum absolute atomic E-state index is 12.5. The van der Waals surface area contributed by atoms with Gasteiger partial charge >= 0.3 is 4.87 Å².